The Morgan fingerprint density at radius 1 is 0.900 bits per heavy atom. The maximum atomic E-state index is 13.3. The van der Waals surface area contributed by atoms with Crippen molar-refractivity contribution in [1.29, 1.82) is 0 Å². The molecule has 0 aromatic heterocycles. The fourth-order valence-corrected chi connectivity index (χ4v) is 4.43. The Bertz CT molecular complexity index is 576. The Labute approximate surface area is 127 Å². The molecule has 0 unspecified atom stereocenters. The quantitative estimate of drug-likeness (QED) is 0.673. The van der Waals surface area contributed by atoms with E-state index in [0.29, 0.717) is 17.2 Å². The molecular formula is C15H15FIO3+. The molecule has 0 amide bonds. The highest BCUT2D eigenvalue weighted by atomic mass is 127. The molecule has 2 rings (SSSR count). The fourth-order valence-electron chi connectivity index (χ4n) is 1.68. The molecule has 20 heavy (non-hydrogen) atoms. The lowest BCUT2D eigenvalue weighted by atomic mass is 10.3. The number of rotatable bonds is 5. The molecule has 0 fully saturated rings. The van der Waals surface area contributed by atoms with E-state index in [1.807, 2.05) is 18.2 Å². The first-order valence-corrected chi connectivity index (χ1v) is 8.04. The number of methoxy groups -OCH3 is 3. The number of halogens is 2. The van der Waals surface area contributed by atoms with Crippen molar-refractivity contribution >= 4 is 0 Å². The van der Waals surface area contributed by atoms with Crippen molar-refractivity contribution < 1.29 is 39.8 Å². The molecule has 0 aliphatic heterocycles. The summed E-state index contributed by atoms with van der Waals surface area (Å²) in [6.07, 6.45) is 0. The topological polar surface area (TPSA) is 27.7 Å². The minimum Gasteiger partial charge on any atom is -0.496 e. The van der Waals surface area contributed by atoms with E-state index in [0.717, 1.165) is 7.14 Å². The smallest absolute Gasteiger partial charge is 0.366 e. The van der Waals surface area contributed by atoms with Gasteiger partial charge in [-0.1, -0.05) is 6.07 Å². The molecule has 3 nitrogen and oxygen atoms in total. The van der Waals surface area contributed by atoms with Crippen molar-refractivity contribution in [3.63, 3.8) is 0 Å². The maximum Gasteiger partial charge on any atom is 0.366 e. The van der Waals surface area contributed by atoms with E-state index in [4.69, 9.17) is 14.2 Å². The molecule has 5 heteroatoms. The van der Waals surface area contributed by atoms with Crippen LogP contribution in [0.25, 0.3) is 0 Å². The Kier molecular flexibility index (Phi) is 5.05. The van der Waals surface area contributed by atoms with Crippen molar-refractivity contribution in [3.8, 4) is 17.2 Å². The molecular weight excluding hydrogens is 374 g/mol. The van der Waals surface area contributed by atoms with Gasteiger partial charge >= 0.3 is 21.2 Å². The van der Waals surface area contributed by atoms with Crippen LogP contribution in [0.2, 0.25) is 0 Å². The zero-order valence-electron chi connectivity index (χ0n) is 11.4. The molecule has 0 saturated carbocycles. The third kappa shape index (κ3) is 3.33. The summed E-state index contributed by atoms with van der Waals surface area (Å²) in [5, 5.41) is 0. The number of benzene rings is 2. The van der Waals surface area contributed by atoms with Crippen molar-refractivity contribution in [3.05, 3.63) is 49.4 Å². The van der Waals surface area contributed by atoms with E-state index >= 15 is 0 Å². The zero-order valence-corrected chi connectivity index (χ0v) is 13.6. The van der Waals surface area contributed by atoms with E-state index < -0.39 is 21.2 Å². The van der Waals surface area contributed by atoms with Gasteiger partial charge in [-0.3, -0.25) is 0 Å². The lowest BCUT2D eigenvalue weighted by molar-refractivity contribution is -0.599. The van der Waals surface area contributed by atoms with Gasteiger partial charge in [0.2, 0.25) is 0 Å². The summed E-state index contributed by atoms with van der Waals surface area (Å²) < 4.78 is 31.3. The molecule has 0 aliphatic carbocycles. The second kappa shape index (κ2) is 6.78. The van der Waals surface area contributed by atoms with Crippen LogP contribution in [-0.4, -0.2) is 21.3 Å². The SMILES string of the molecule is COc1cc(OC)c([I+]c2cccc(F)c2)c(OC)c1. The Morgan fingerprint density at radius 3 is 2.05 bits per heavy atom. The molecule has 0 radical (unpaired) electrons. The maximum absolute atomic E-state index is 13.3. The largest absolute Gasteiger partial charge is 0.496 e. The average molecular weight is 389 g/mol. The number of hydrogen-bond acceptors (Lipinski definition) is 3. The van der Waals surface area contributed by atoms with Gasteiger partial charge < -0.3 is 14.2 Å². The van der Waals surface area contributed by atoms with Crippen molar-refractivity contribution in [2.75, 3.05) is 21.3 Å². The van der Waals surface area contributed by atoms with Crippen LogP contribution >= 0.6 is 0 Å². The van der Waals surface area contributed by atoms with E-state index in [2.05, 4.69) is 0 Å². The van der Waals surface area contributed by atoms with E-state index in [1.165, 1.54) is 6.07 Å². The van der Waals surface area contributed by atoms with Crippen LogP contribution in [0, 0.1) is 13.0 Å². The summed E-state index contributed by atoms with van der Waals surface area (Å²) in [6, 6.07) is 10.3. The molecule has 0 N–H and O–H groups in total. The zero-order chi connectivity index (χ0) is 14.5. The van der Waals surface area contributed by atoms with Crippen molar-refractivity contribution in [2.24, 2.45) is 0 Å². The van der Waals surface area contributed by atoms with Crippen LogP contribution in [0.3, 0.4) is 0 Å². The molecule has 106 valence electrons. The van der Waals surface area contributed by atoms with Crippen LogP contribution < -0.4 is 35.4 Å². The standard InChI is InChI=1S/C15H15FIO3/c1-18-12-8-13(19-2)15(14(9-12)20-3)17-11-6-4-5-10(16)7-11/h4-9H,1-3H3/q+1. The van der Waals surface area contributed by atoms with E-state index in [-0.39, 0.29) is 5.82 Å². The van der Waals surface area contributed by atoms with Gasteiger partial charge in [-0.15, -0.1) is 0 Å². The first kappa shape index (κ1) is 14.9. The molecule has 2 aromatic carbocycles. The highest BCUT2D eigenvalue weighted by molar-refractivity contribution is 5.41. The lowest BCUT2D eigenvalue weighted by Gasteiger charge is -2.08. The van der Waals surface area contributed by atoms with Crippen molar-refractivity contribution in [2.45, 2.75) is 0 Å². The molecule has 2 aromatic rings. The predicted octanol–water partition coefficient (Wildman–Crippen LogP) is -0.0201. The van der Waals surface area contributed by atoms with Gasteiger partial charge in [-0.2, -0.15) is 0 Å². The number of hydrogen-bond donors (Lipinski definition) is 0. The second-order valence-electron chi connectivity index (χ2n) is 3.88. The first-order valence-electron chi connectivity index (χ1n) is 5.88. The molecule has 0 heterocycles. The van der Waals surface area contributed by atoms with Crippen LogP contribution in [0.15, 0.2) is 36.4 Å². The van der Waals surface area contributed by atoms with Gasteiger partial charge in [0.15, 0.2) is 15.1 Å². The summed E-state index contributed by atoms with van der Waals surface area (Å²) in [6.45, 7) is 0. The first-order chi connectivity index (χ1) is 9.67. The minimum atomic E-state index is -0.608. The Balaban J connectivity index is 2.44. The van der Waals surface area contributed by atoms with Gasteiger partial charge in [0.25, 0.3) is 3.57 Å². The minimum absolute atomic E-state index is 0.228. The Hall–Kier alpha value is -1.50. The fraction of sp³-hybridized carbons (Fsp3) is 0.200. The average Bonchev–Trinajstić information content (AvgIpc) is 2.47. The third-order valence-electron chi connectivity index (χ3n) is 2.65. The molecule has 0 atom stereocenters. The van der Waals surface area contributed by atoms with Crippen LogP contribution in [-0.2, 0) is 0 Å². The van der Waals surface area contributed by atoms with Gasteiger partial charge in [0.1, 0.15) is 11.6 Å². The van der Waals surface area contributed by atoms with Gasteiger partial charge in [-0.05, 0) is 12.1 Å². The normalized spacial score (nSPS) is 10.2. The molecule has 0 saturated heterocycles. The molecule has 0 aliphatic rings. The lowest BCUT2D eigenvalue weighted by Crippen LogP contribution is -3.61. The highest BCUT2D eigenvalue weighted by Gasteiger charge is 2.28. The van der Waals surface area contributed by atoms with Crippen LogP contribution in [0.1, 0.15) is 0 Å². The second-order valence-corrected chi connectivity index (χ2v) is 6.74. The van der Waals surface area contributed by atoms with E-state index in [9.17, 15) is 4.39 Å². The van der Waals surface area contributed by atoms with Gasteiger partial charge in [-0.25, -0.2) is 4.39 Å². The van der Waals surface area contributed by atoms with Crippen molar-refractivity contribution in [1.82, 2.24) is 0 Å². The van der Waals surface area contributed by atoms with Crippen LogP contribution in [0.5, 0.6) is 17.2 Å². The Morgan fingerprint density at radius 2 is 1.55 bits per heavy atom. The monoisotopic (exact) mass is 389 g/mol. The van der Waals surface area contributed by atoms with E-state index in [1.54, 1.807) is 33.5 Å². The molecule has 0 bridgehead atoms. The number of ether oxygens (including phenoxy) is 3. The summed E-state index contributed by atoms with van der Waals surface area (Å²) in [7, 11) is 4.80. The third-order valence-corrected chi connectivity index (χ3v) is 5.54. The molecule has 0 spiro atoms. The summed E-state index contributed by atoms with van der Waals surface area (Å²) in [5.74, 6) is 1.86. The van der Waals surface area contributed by atoms with Gasteiger partial charge in [0.05, 0.1) is 21.3 Å². The van der Waals surface area contributed by atoms with Crippen LogP contribution in [0.4, 0.5) is 4.39 Å². The van der Waals surface area contributed by atoms with Gasteiger partial charge in [0, 0.05) is 18.2 Å². The summed E-state index contributed by atoms with van der Waals surface area (Å²) in [5.41, 5.74) is 0. The summed E-state index contributed by atoms with van der Waals surface area (Å²) in [4.78, 5) is 0. The highest BCUT2D eigenvalue weighted by Crippen LogP contribution is 2.27. The predicted molar refractivity (Wildman–Crippen MR) is 69.9 cm³/mol. The summed E-state index contributed by atoms with van der Waals surface area (Å²) >= 11 is -0.608.